The van der Waals surface area contributed by atoms with E-state index < -0.39 is 10.8 Å². The van der Waals surface area contributed by atoms with Crippen LogP contribution in [0.3, 0.4) is 0 Å². The maximum absolute atomic E-state index is 11.9. The Morgan fingerprint density at radius 3 is 2.51 bits per heavy atom. The number of hydrogen-bond acceptors (Lipinski definition) is 7. The molecule has 1 saturated carbocycles. The minimum Gasteiger partial charge on any atom is -0.412 e. The maximum Gasteiger partial charge on any atom is 0.134 e. The number of nitrogens with one attached hydrogen (secondary N) is 2. The van der Waals surface area contributed by atoms with Gasteiger partial charge in [-0.1, -0.05) is 19.9 Å². The number of nitrogens with zero attached hydrogens (tertiary/aromatic N) is 3. The van der Waals surface area contributed by atoms with Crippen LogP contribution in [-0.4, -0.2) is 61.7 Å². The van der Waals surface area contributed by atoms with Crippen LogP contribution in [0.25, 0.3) is 0 Å². The molecule has 204 valence electrons. The van der Waals surface area contributed by atoms with Crippen molar-refractivity contribution >= 4 is 34.2 Å². The van der Waals surface area contributed by atoms with E-state index in [2.05, 4.69) is 35.1 Å². The number of aliphatic hydroxyl groups is 1. The summed E-state index contributed by atoms with van der Waals surface area (Å²) < 4.78 is 11.9. The second-order valence-electron chi connectivity index (χ2n) is 11.0. The van der Waals surface area contributed by atoms with Crippen LogP contribution >= 0.6 is 0 Å². The molecule has 1 atom stereocenters. The minimum atomic E-state index is -0.783. The van der Waals surface area contributed by atoms with E-state index in [9.17, 15) is 9.32 Å². The van der Waals surface area contributed by atoms with Crippen LogP contribution in [0.4, 0.5) is 17.2 Å². The molecular weight excluding hydrogens is 486 g/mol. The second kappa shape index (κ2) is 12.9. The number of anilines is 3. The van der Waals surface area contributed by atoms with Crippen molar-refractivity contribution < 1.29 is 14.8 Å². The van der Waals surface area contributed by atoms with Crippen LogP contribution < -0.4 is 10.2 Å². The molecule has 1 aliphatic carbocycles. The summed E-state index contributed by atoms with van der Waals surface area (Å²) in [4.78, 5) is 11.6. The van der Waals surface area contributed by atoms with Gasteiger partial charge in [-0.15, -0.1) is 0 Å². The van der Waals surface area contributed by atoms with Crippen molar-refractivity contribution in [3.8, 4) is 0 Å². The second-order valence-corrected chi connectivity index (χ2v) is 12.7. The van der Waals surface area contributed by atoms with Gasteiger partial charge in [0.05, 0.1) is 11.8 Å². The third-order valence-electron chi connectivity index (χ3n) is 8.24. The van der Waals surface area contributed by atoms with Crippen LogP contribution in [-0.2, 0) is 17.2 Å². The SMILES string of the molecule is CS(=O)C1CCN(c2cccc(Nc3ccnc(CCC(C)(C)C4CCC(O)CC4)n3)c2C=N)CC1.O. The first kappa shape index (κ1) is 29.2. The first-order chi connectivity index (χ1) is 17.3. The molecule has 1 unspecified atom stereocenters. The van der Waals surface area contributed by atoms with Gasteiger partial charge in [0.2, 0.25) is 0 Å². The van der Waals surface area contributed by atoms with Crippen LogP contribution in [0, 0.1) is 16.7 Å². The standard InChI is InChI=1S/C28H41N5O2S.H2O/c1-28(2,20-7-9-21(34)10-8-20)15-11-26-30-16-12-27(32-26)31-24-5-4-6-25(23(24)19-29)33-17-13-22(14-18-33)36(3)35;/h4-6,12,16,19-22,29,34H,7-11,13-15,17-18H2,1-3H3,(H,30,31,32);1H2. The van der Waals surface area contributed by atoms with E-state index in [1.807, 2.05) is 18.2 Å². The van der Waals surface area contributed by atoms with Crippen LogP contribution in [0.2, 0.25) is 0 Å². The third-order valence-corrected chi connectivity index (χ3v) is 9.65. The topological polar surface area (TPSA) is 134 Å². The molecule has 2 heterocycles. The minimum absolute atomic E-state index is 0. The lowest BCUT2D eigenvalue weighted by atomic mass is 9.68. The zero-order chi connectivity index (χ0) is 25.7. The molecule has 0 bridgehead atoms. The Morgan fingerprint density at radius 1 is 1.16 bits per heavy atom. The predicted octanol–water partition coefficient (Wildman–Crippen LogP) is 4.25. The Morgan fingerprint density at radius 2 is 1.86 bits per heavy atom. The molecule has 5 N–H and O–H groups in total. The van der Waals surface area contributed by atoms with Gasteiger partial charge in [-0.05, 0) is 74.5 Å². The normalized spacial score (nSPS) is 21.7. The monoisotopic (exact) mass is 529 g/mol. The Balaban J connectivity index is 0.00000380. The molecular formula is C28H43N5O3S. The molecule has 8 nitrogen and oxygen atoms in total. The van der Waals surface area contributed by atoms with Crippen molar-refractivity contribution in [1.82, 2.24) is 9.97 Å². The first-order valence-corrected chi connectivity index (χ1v) is 14.9. The van der Waals surface area contributed by atoms with E-state index in [0.29, 0.717) is 5.92 Å². The van der Waals surface area contributed by atoms with E-state index in [4.69, 9.17) is 10.4 Å². The van der Waals surface area contributed by atoms with E-state index in [-0.39, 0.29) is 22.2 Å². The molecule has 4 rings (SSSR count). The Hall–Kier alpha value is -2.36. The molecule has 0 spiro atoms. The number of aromatic nitrogens is 2. The van der Waals surface area contributed by atoms with Gasteiger partial charge in [-0.25, -0.2) is 9.97 Å². The van der Waals surface area contributed by atoms with Gasteiger partial charge in [0.1, 0.15) is 11.6 Å². The summed E-state index contributed by atoms with van der Waals surface area (Å²) in [6.07, 6.45) is 12.5. The number of aryl methyl sites for hydroxylation is 1. The summed E-state index contributed by atoms with van der Waals surface area (Å²) in [6.45, 7) is 6.37. The fourth-order valence-corrected chi connectivity index (χ4v) is 6.62. The quantitative estimate of drug-likeness (QED) is 0.416. The molecule has 0 amide bonds. The average Bonchev–Trinajstić information content (AvgIpc) is 2.88. The van der Waals surface area contributed by atoms with E-state index in [1.54, 1.807) is 12.5 Å². The summed E-state index contributed by atoms with van der Waals surface area (Å²) in [5.74, 6) is 2.19. The van der Waals surface area contributed by atoms with E-state index >= 15 is 0 Å². The van der Waals surface area contributed by atoms with E-state index in [0.717, 1.165) is 93.0 Å². The largest absolute Gasteiger partial charge is 0.412 e. The Labute approximate surface area is 223 Å². The van der Waals surface area contributed by atoms with Gasteiger partial charge in [0.15, 0.2) is 0 Å². The summed E-state index contributed by atoms with van der Waals surface area (Å²) in [7, 11) is -0.783. The van der Waals surface area contributed by atoms with Gasteiger partial charge < -0.3 is 26.2 Å². The molecule has 2 aliphatic rings. The number of piperidine rings is 1. The lowest BCUT2D eigenvalue weighted by Gasteiger charge is -2.38. The van der Waals surface area contributed by atoms with Crippen molar-refractivity contribution in [3.05, 3.63) is 41.9 Å². The Bertz CT molecular complexity index is 1060. The fourth-order valence-electron chi connectivity index (χ4n) is 5.74. The zero-order valence-corrected chi connectivity index (χ0v) is 23.2. The van der Waals surface area contributed by atoms with Gasteiger partial charge in [0.25, 0.3) is 0 Å². The summed E-state index contributed by atoms with van der Waals surface area (Å²) >= 11 is 0. The molecule has 1 saturated heterocycles. The predicted molar refractivity (Wildman–Crippen MR) is 153 cm³/mol. The number of rotatable bonds is 9. The van der Waals surface area contributed by atoms with Crippen molar-refractivity contribution in [2.75, 3.05) is 29.6 Å². The zero-order valence-electron chi connectivity index (χ0n) is 22.4. The molecule has 2 fully saturated rings. The molecule has 1 aliphatic heterocycles. The van der Waals surface area contributed by atoms with Gasteiger partial charge >= 0.3 is 0 Å². The lowest BCUT2D eigenvalue weighted by Crippen LogP contribution is -2.38. The molecule has 0 radical (unpaired) electrons. The van der Waals surface area contributed by atoms with Crippen LogP contribution in [0.1, 0.15) is 70.2 Å². The van der Waals surface area contributed by atoms with Crippen molar-refractivity contribution in [1.29, 1.82) is 5.41 Å². The van der Waals surface area contributed by atoms with Crippen molar-refractivity contribution in [2.45, 2.75) is 76.6 Å². The van der Waals surface area contributed by atoms with Gasteiger partial charge in [0, 0.05) is 65.5 Å². The van der Waals surface area contributed by atoms with Crippen molar-refractivity contribution in [2.24, 2.45) is 11.3 Å². The molecule has 1 aromatic carbocycles. The number of benzene rings is 1. The molecule has 1 aromatic heterocycles. The van der Waals surface area contributed by atoms with Crippen LogP contribution in [0.5, 0.6) is 0 Å². The lowest BCUT2D eigenvalue weighted by molar-refractivity contribution is 0.0617. The summed E-state index contributed by atoms with van der Waals surface area (Å²) in [6, 6.07) is 7.94. The van der Waals surface area contributed by atoms with Gasteiger partial charge in [-0.3, -0.25) is 4.21 Å². The molecule has 9 heteroatoms. The van der Waals surface area contributed by atoms with Crippen molar-refractivity contribution in [3.63, 3.8) is 0 Å². The Kier molecular flexibility index (Phi) is 10.2. The molecule has 2 aromatic rings. The first-order valence-electron chi connectivity index (χ1n) is 13.2. The fraction of sp³-hybridized carbons (Fsp3) is 0.607. The highest BCUT2D eigenvalue weighted by Gasteiger charge is 2.32. The maximum atomic E-state index is 11.9. The number of aliphatic hydroxyl groups excluding tert-OH is 1. The summed E-state index contributed by atoms with van der Waals surface area (Å²) in [5, 5.41) is 21.7. The average molecular weight is 530 g/mol. The number of hydrogen-bond donors (Lipinski definition) is 3. The highest BCUT2D eigenvalue weighted by Crippen LogP contribution is 2.41. The molecule has 37 heavy (non-hydrogen) atoms. The smallest absolute Gasteiger partial charge is 0.134 e. The third kappa shape index (κ3) is 7.36. The van der Waals surface area contributed by atoms with Crippen LogP contribution in [0.15, 0.2) is 30.5 Å². The van der Waals surface area contributed by atoms with Gasteiger partial charge in [-0.2, -0.15) is 0 Å². The highest BCUT2D eigenvalue weighted by atomic mass is 32.2. The highest BCUT2D eigenvalue weighted by molar-refractivity contribution is 7.84. The summed E-state index contributed by atoms with van der Waals surface area (Å²) in [5.41, 5.74) is 2.92. The van der Waals surface area contributed by atoms with E-state index in [1.165, 1.54) is 6.21 Å².